The number of aliphatic hydroxyl groups excluding tert-OH is 1. The van der Waals surface area contributed by atoms with Gasteiger partial charge in [-0.25, -0.2) is 0 Å². The number of hydrogen-bond acceptors (Lipinski definition) is 4. The van der Waals surface area contributed by atoms with E-state index >= 15 is 0 Å². The van der Waals surface area contributed by atoms with Gasteiger partial charge in [-0.2, -0.15) is 0 Å². The number of piperazine rings is 1. The van der Waals surface area contributed by atoms with Gasteiger partial charge in [-0.1, -0.05) is 18.8 Å². The van der Waals surface area contributed by atoms with Crippen LogP contribution < -0.4 is 5.32 Å². The summed E-state index contributed by atoms with van der Waals surface area (Å²) in [7, 11) is 0. The quantitative estimate of drug-likeness (QED) is 0.804. The van der Waals surface area contributed by atoms with Crippen molar-refractivity contribution in [3.8, 4) is 11.8 Å². The van der Waals surface area contributed by atoms with Crippen LogP contribution >= 0.6 is 11.3 Å². The number of hydrogen-bond donors (Lipinski definition) is 2. The molecule has 102 valence electrons. The molecule has 2 heterocycles. The largest absolute Gasteiger partial charge is 0.384 e. The van der Waals surface area contributed by atoms with Gasteiger partial charge >= 0.3 is 0 Å². The zero-order chi connectivity index (χ0) is 13.7. The Morgan fingerprint density at radius 1 is 1.58 bits per heavy atom. The van der Waals surface area contributed by atoms with Crippen molar-refractivity contribution in [2.24, 2.45) is 0 Å². The van der Waals surface area contributed by atoms with E-state index in [-0.39, 0.29) is 18.6 Å². The molecule has 1 aliphatic heterocycles. The number of rotatable bonds is 3. The number of aliphatic hydroxyl groups is 1. The molecule has 4 nitrogen and oxygen atoms in total. The maximum absolute atomic E-state index is 11.8. The molecule has 1 aromatic rings. The van der Waals surface area contributed by atoms with Gasteiger partial charge in [-0.05, 0) is 18.6 Å². The van der Waals surface area contributed by atoms with Crippen LogP contribution in [0.15, 0.2) is 12.1 Å². The lowest BCUT2D eigenvalue weighted by atomic mass is 10.1. The maximum Gasteiger partial charge on any atom is 0.237 e. The summed E-state index contributed by atoms with van der Waals surface area (Å²) in [6.45, 7) is 4.32. The molecule has 1 aromatic heterocycles. The van der Waals surface area contributed by atoms with Crippen LogP contribution in [-0.4, -0.2) is 41.7 Å². The lowest BCUT2D eigenvalue weighted by molar-refractivity contribution is -0.129. The Labute approximate surface area is 117 Å². The van der Waals surface area contributed by atoms with Crippen molar-refractivity contribution in [1.82, 2.24) is 10.2 Å². The molecule has 19 heavy (non-hydrogen) atoms. The molecule has 0 bridgehead atoms. The van der Waals surface area contributed by atoms with Gasteiger partial charge in [0.05, 0.1) is 10.9 Å². The first-order chi connectivity index (χ1) is 9.24. The third-order valence-electron chi connectivity index (χ3n) is 3.14. The third-order valence-corrected chi connectivity index (χ3v) is 4.13. The third kappa shape index (κ3) is 3.57. The van der Waals surface area contributed by atoms with E-state index in [0.29, 0.717) is 0 Å². The topological polar surface area (TPSA) is 52.6 Å². The fraction of sp³-hybridized carbons (Fsp3) is 0.500. The van der Waals surface area contributed by atoms with Gasteiger partial charge in [-0.15, -0.1) is 11.3 Å². The van der Waals surface area contributed by atoms with E-state index in [1.54, 1.807) is 11.3 Å². The van der Waals surface area contributed by atoms with Gasteiger partial charge < -0.3 is 10.4 Å². The van der Waals surface area contributed by atoms with Crippen molar-refractivity contribution in [3.05, 3.63) is 21.9 Å². The summed E-state index contributed by atoms with van der Waals surface area (Å²) in [5.74, 6) is 5.68. The van der Waals surface area contributed by atoms with E-state index in [2.05, 4.69) is 22.1 Å². The zero-order valence-electron chi connectivity index (χ0n) is 11.0. The summed E-state index contributed by atoms with van der Waals surface area (Å²) < 4.78 is 0. The number of nitrogens with one attached hydrogen (secondary N) is 1. The Bertz CT molecular complexity index is 501. The first kappa shape index (κ1) is 14.1. The van der Waals surface area contributed by atoms with E-state index in [9.17, 15) is 4.79 Å². The van der Waals surface area contributed by atoms with Crippen molar-refractivity contribution in [2.45, 2.75) is 25.9 Å². The predicted molar refractivity (Wildman–Crippen MR) is 75.8 cm³/mol. The molecule has 2 N–H and O–H groups in total. The first-order valence-electron chi connectivity index (χ1n) is 6.44. The minimum atomic E-state index is -0.114. The molecule has 1 aliphatic rings. The number of nitrogens with zero attached hydrogens (tertiary/aromatic N) is 1. The van der Waals surface area contributed by atoms with Crippen molar-refractivity contribution in [3.63, 3.8) is 0 Å². The number of amides is 1. The lowest BCUT2D eigenvalue weighted by Crippen LogP contribution is -2.54. The highest BCUT2D eigenvalue weighted by Crippen LogP contribution is 2.20. The monoisotopic (exact) mass is 278 g/mol. The second-order valence-corrected chi connectivity index (χ2v) is 5.58. The average molecular weight is 278 g/mol. The van der Waals surface area contributed by atoms with Crippen LogP contribution in [0.3, 0.4) is 0 Å². The molecular weight excluding hydrogens is 260 g/mol. The normalized spacial score (nSPS) is 19.7. The second-order valence-electron chi connectivity index (χ2n) is 4.41. The Hall–Kier alpha value is -1.35. The summed E-state index contributed by atoms with van der Waals surface area (Å²) in [4.78, 5) is 16.2. The summed E-state index contributed by atoms with van der Waals surface area (Å²) in [6.07, 6.45) is 0.828. The second kappa shape index (κ2) is 6.71. The predicted octanol–water partition coefficient (Wildman–Crippen LogP) is 0.802. The smallest absolute Gasteiger partial charge is 0.237 e. The van der Waals surface area contributed by atoms with Crippen LogP contribution in [0.5, 0.6) is 0 Å². The summed E-state index contributed by atoms with van der Waals surface area (Å²) in [5.41, 5.74) is 0. The molecule has 0 radical (unpaired) electrons. The highest BCUT2D eigenvalue weighted by Gasteiger charge is 2.27. The van der Waals surface area contributed by atoms with Crippen LogP contribution in [0.4, 0.5) is 0 Å². The van der Waals surface area contributed by atoms with Gasteiger partial charge in [0.1, 0.15) is 6.61 Å². The summed E-state index contributed by atoms with van der Waals surface area (Å²) in [5, 5.41) is 11.6. The summed E-state index contributed by atoms with van der Waals surface area (Å²) >= 11 is 1.62. The Balaban J connectivity index is 2.03. The van der Waals surface area contributed by atoms with Crippen LogP contribution in [0.25, 0.3) is 0 Å². The molecule has 1 fully saturated rings. The van der Waals surface area contributed by atoms with E-state index in [4.69, 9.17) is 5.11 Å². The standard InChI is InChI=1S/C14H18N2O2S/c1-2-13-14(18)15-7-8-16(13)10-12-6-5-11(19-12)4-3-9-17/h5-6,13,17H,2,7-10H2,1H3,(H,15,18). The fourth-order valence-corrected chi connectivity index (χ4v) is 3.16. The van der Waals surface area contributed by atoms with Gasteiger partial charge in [0.2, 0.25) is 5.91 Å². The van der Waals surface area contributed by atoms with Crippen molar-refractivity contribution in [2.75, 3.05) is 19.7 Å². The minimum absolute atomic E-state index is 0.0252. The van der Waals surface area contributed by atoms with Crippen LogP contribution in [0.2, 0.25) is 0 Å². The highest BCUT2D eigenvalue weighted by molar-refractivity contribution is 7.12. The Morgan fingerprint density at radius 3 is 3.16 bits per heavy atom. The fourth-order valence-electron chi connectivity index (χ4n) is 2.25. The molecule has 0 aromatic carbocycles. The zero-order valence-corrected chi connectivity index (χ0v) is 11.8. The average Bonchev–Trinajstić information content (AvgIpc) is 2.84. The molecule has 1 amide bonds. The van der Waals surface area contributed by atoms with Gasteiger partial charge in [0, 0.05) is 24.5 Å². The maximum atomic E-state index is 11.8. The van der Waals surface area contributed by atoms with Crippen LogP contribution in [-0.2, 0) is 11.3 Å². The molecule has 1 unspecified atom stereocenters. The molecular formula is C14H18N2O2S. The van der Waals surface area contributed by atoms with Crippen molar-refractivity contribution < 1.29 is 9.90 Å². The van der Waals surface area contributed by atoms with Gasteiger partial charge in [0.25, 0.3) is 0 Å². The van der Waals surface area contributed by atoms with Crippen molar-refractivity contribution in [1.29, 1.82) is 0 Å². The Kier molecular flexibility index (Phi) is 4.97. The SMILES string of the molecule is CCC1C(=O)NCCN1Cc1ccc(C#CCO)s1. The molecule has 0 aliphatic carbocycles. The number of carbonyl (C=O) groups excluding carboxylic acids is 1. The molecule has 2 rings (SSSR count). The van der Waals surface area contributed by atoms with Crippen LogP contribution in [0.1, 0.15) is 23.1 Å². The van der Waals surface area contributed by atoms with E-state index in [1.165, 1.54) is 4.88 Å². The molecule has 1 atom stereocenters. The van der Waals surface area contributed by atoms with Crippen LogP contribution in [0, 0.1) is 11.8 Å². The summed E-state index contributed by atoms with van der Waals surface area (Å²) in [6, 6.07) is 3.99. The number of thiophene rings is 1. The minimum Gasteiger partial charge on any atom is -0.384 e. The molecule has 0 spiro atoms. The number of carbonyl (C=O) groups is 1. The molecule has 5 heteroatoms. The lowest BCUT2D eigenvalue weighted by Gasteiger charge is -2.34. The Morgan fingerprint density at radius 2 is 2.42 bits per heavy atom. The van der Waals surface area contributed by atoms with Gasteiger partial charge in [-0.3, -0.25) is 9.69 Å². The van der Waals surface area contributed by atoms with E-state index in [1.807, 2.05) is 19.1 Å². The van der Waals surface area contributed by atoms with E-state index < -0.39 is 0 Å². The highest BCUT2D eigenvalue weighted by atomic mass is 32.1. The van der Waals surface area contributed by atoms with Crippen molar-refractivity contribution >= 4 is 17.2 Å². The molecule has 1 saturated heterocycles. The molecule has 0 saturated carbocycles. The van der Waals surface area contributed by atoms with E-state index in [0.717, 1.165) is 30.9 Å². The van der Waals surface area contributed by atoms with Gasteiger partial charge in [0.15, 0.2) is 0 Å². The first-order valence-corrected chi connectivity index (χ1v) is 7.26.